The molecule has 0 radical (unpaired) electrons. The third-order valence-corrected chi connectivity index (χ3v) is 3.15. The number of hydrogen-bond acceptors (Lipinski definition) is 5. The number of aryl methyl sites for hydroxylation is 1. The summed E-state index contributed by atoms with van der Waals surface area (Å²) in [6.45, 7) is 0.348. The van der Waals surface area contributed by atoms with Crippen molar-refractivity contribution in [2.24, 2.45) is 7.05 Å². The lowest BCUT2D eigenvalue weighted by atomic mass is 10.2. The molecule has 0 bridgehead atoms. The maximum Gasteiger partial charge on any atom is 0.238 e. The van der Waals surface area contributed by atoms with E-state index < -0.39 is 0 Å². The van der Waals surface area contributed by atoms with Gasteiger partial charge in [-0.25, -0.2) is 4.68 Å². The molecule has 1 fully saturated rings. The summed E-state index contributed by atoms with van der Waals surface area (Å²) < 4.78 is 1.59. The van der Waals surface area contributed by atoms with Gasteiger partial charge in [-0.1, -0.05) is 12.1 Å². The molecular weight excluding hydrogens is 256 g/mol. The van der Waals surface area contributed by atoms with Crippen LogP contribution in [-0.4, -0.2) is 38.7 Å². The first kappa shape index (κ1) is 12.7. The second-order valence-corrected chi connectivity index (χ2v) is 4.91. The number of carbonyl (C=O) groups excluding carboxylic acids is 1. The summed E-state index contributed by atoms with van der Waals surface area (Å²) >= 11 is 0. The summed E-state index contributed by atoms with van der Waals surface area (Å²) in [4.78, 5) is 11.8. The number of nitrogens with zero attached hydrogens (tertiary/aromatic N) is 4. The molecule has 104 valence electrons. The summed E-state index contributed by atoms with van der Waals surface area (Å²) in [7, 11) is 1.78. The van der Waals surface area contributed by atoms with Crippen molar-refractivity contribution in [1.82, 2.24) is 25.5 Å². The van der Waals surface area contributed by atoms with E-state index in [1.807, 2.05) is 24.3 Å². The predicted octanol–water partition coefficient (Wildman–Crippen LogP) is 0.568. The maximum absolute atomic E-state index is 11.8. The molecule has 2 N–H and O–H groups in total. The molecule has 1 aromatic heterocycles. The third kappa shape index (κ3) is 3.00. The average Bonchev–Trinajstić information content (AvgIpc) is 3.17. The molecule has 7 nitrogen and oxygen atoms in total. The van der Waals surface area contributed by atoms with Crippen molar-refractivity contribution in [1.29, 1.82) is 0 Å². The van der Waals surface area contributed by atoms with Crippen molar-refractivity contribution in [2.45, 2.75) is 18.9 Å². The number of benzene rings is 1. The second kappa shape index (κ2) is 5.38. The molecule has 2 aromatic rings. The molecule has 7 heteroatoms. The fourth-order valence-electron chi connectivity index (χ4n) is 1.94. The van der Waals surface area contributed by atoms with Gasteiger partial charge in [0.15, 0.2) is 5.82 Å². The van der Waals surface area contributed by atoms with E-state index in [9.17, 15) is 4.79 Å². The molecule has 1 saturated carbocycles. The van der Waals surface area contributed by atoms with Crippen molar-refractivity contribution in [3.8, 4) is 11.4 Å². The van der Waals surface area contributed by atoms with Crippen LogP contribution < -0.4 is 10.6 Å². The summed E-state index contributed by atoms with van der Waals surface area (Å²) in [5, 5.41) is 17.4. The van der Waals surface area contributed by atoms with Crippen molar-refractivity contribution in [3.05, 3.63) is 24.3 Å². The van der Waals surface area contributed by atoms with E-state index in [0.29, 0.717) is 18.4 Å². The minimum absolute atomic E-state index is 0.0369. The minimum atomic E-state index is -0.0369. The molecule has 0 spiro atoms. The first-order valence-electron chi connectivity index (χ1n) is 6.58. The Labute approximate surface area is 116 Å². The van der Waals surface area contributed by atoms with E-state index in [1.165, 1.54) is 12.8 Å². The van der Waals surface area contributed by atoms with Crippen LogP contribution in [0.2, 0.25) is 0 Å². The maximum atomic E-state index is 11.8. The van der Waals surface area contributed by atoms with Crippen LogP contribution in [0.1, 0.15) is 12.8 Å². The summed E-state index contributed by atoms with van der Waals surface area (Å²) in [5.41, 5.74) is 1.61. The van der Waals surface area contributed by atoms with Crippen LogP contribution in [0.25, 0.3) is 11.4 Å². The molecule has 1 amide bonds. The van der Waals surface area contributed by atoms with E-state index in [0.717, 1.165) is 11.3 Å². The van der Waals surface area contributed by atoms with E-state index in [1.54, 1.807) is 11.7 Å². The van der Waals surface area contributed by atoms with Crippen molar-refractivity contribution >= 4 is 11.6 Å². The summed E-state index contributed by atoms with van der Waals surface area (Å²) in [6.07, 6.45) is 2.34. The third-order valence-electron chi connectivity index (χ3n) is 3.15. The van der Waals surface area contributed by atoms with Crippen LogP contribution in [0.15, 0.2) is 24.3 Å². The Balaban J connectivity index is 1.67. The van der Waals surface area contributed by atoms with Gasteiger partial charge in [0.05, 0.1) is 6.54 Å². The van der Waals surface area contributed by atoms with Gasteiger partial charge in [-0.15, -0.1) is 5.10 Å². The lowest BCUT2D eigenvalue weighted by molar-refractivity contribution is -0.115. The number of rotatable bonds is 5. The van der Waals surface area contributed by atoms with Gasteiger partial charge in [-0.2, -0.15) is 0 Å². The molecule has 1 aliphatic rings. The summed E-state index contributed by atoms with van der Waals surface area (Å²) in [6, 6.07) is 8.01. The minimum Gasteiger partial charge on any atom is -0.325 e. The molecule has 1 aliphatic carbocycles. The van der Waals surface area contributed by atoms with Crippen LogP contribution in [0.4, 0.5) is 5.69 Å². The van der Waals surface area contributed by atoms with Gasteiger partial charge >= 0.3 is 0 Å². The Bertz CT molecular complexity index is 619. The predicted molar refractivity (Wildman–Crippen MR) is 73.9 cm³/mol. The zero-order valence-electron chi connectivity index (χ0n) is 11.2. The number of tetrazole rings is 1. The fraction of sp³-hybridized carbons (Fsp3) is 0.385. The molecule has 3 rings (SSSR count). The molecule has 0 aliphatic heterocycles. The average molecular weight is 272 g/mol. The summed E-state index contributed by atoms with van der Waals surface area (Å²) in [5.74, 6) is 0.627. The zero-order chi connectivity index (χ0) is 13.9. The number of carbonyl (C=O) groups is 1. The van der Waals surface area contributed by atoms with Crippen molar-refractivity contribution in [2.75, 3.05) is 11.9 Å². The van der Waals surface area contributed by atoms with Gasteiger partial charge in [0.25, 0.3) is 0 Å². The highest BCUT2D eigenvalue weighted by Gasteiger charge is 2.21. The standard InChI is InChI=1S/C13H16N6O/c1-19-13(16-17-18-19)9-3-2-4-11(7-9)15-12(20)8-14-10-5-6-10/h2-4,7,10,14H,5-6,8H2,1H3,(H,15,20). The van der Waals surface area contributed by atoms with Gasteiger partial charge in [-0.05, 0) is 35.4 Å². The van der Waals surface area contributed by atoms with Gasteiger partial charge in [-0.3, -0.25) is 4.79 Å². The van der Waals surface area contributed by atoms with Crippen LogP contribution in [0, 0.1) is 0 Å². The monoisotopic (exact) mass is 272 g/mol. The SMILES string of the molecule is Cn1nnnc1-c1cccc(NC(=O)CNC2CC2)c1. The Morgan fingerprint density at radius 1 is 1.45 bits per heavy atom. The number of anilines is 1. The zero-order valence-corrected chi connectivity index (χ0v) is 11.2. The topological polar surface area (TPSA) is 84.7 Å². The number of amides is 1. The first-order chi connectivity index (χ1) is 9.72. The highest BCUT2D eigenvalue weighted by atomic mass is 16.1. The molecule has 1 aromatic carbocycles. The lowest BCUT2D eigenvalue weighted by Gasteiger charge is -2.07. The molecule has 0 saturated heterocycles. The van der Waals surface area contributed by atoms with E-state index >= 15 is 0 Å². The fourth-order valence-corrected chi connectivity index (χ4v) is 1.94. The normalized spacial score (nSPS) is 14.2. The Hall–Kier alpha value is -2.28. The van der Waals surface area contributed by atoms with Gasteiger partial charge in [0, 0.05) is 24.3 Å². The van der Waals surface area contributed by atoms with Gasteiger partial charge < -0.3 is 10.6 Å². The molecule has 0 atom stereocenters. The number of aromatic nitrogens is 4. The van der Waals surface area contributed by atoms with E-state index in [2.05, 4.69) is 26.2 Å². The van der Waals surface area contributed by atoms with Crippen LogP contribution in [0.3, 0.4) is 0 Å². The van der Waals surface area contributed by atoms with Crippen LogP contribution >= 0.6 is 0 Å². The Kier molecular flexibility index (Phi) is 3.42. The Morgan fingerprint density at radius 3 is 3.00 bits per heavy atom. The lowest BCUT2D eigenvalue weighted by Crippen LogP contribution is -2.29. The first-order valence-corrected chi connectivity index (χ1v) is 6.58. The Morgan fingerprint density at radius 2 is 2.30 bits per heavy atom. The molecule has 1 heterocycles. The van der Waals surface area contributed by atoms with Crippen molar-refractivity contribution in [3.63, 3.8) is 0 Å². The quantitative estimate of drug-likeness (QED) is 0.831. The van der Waals surface area contributed by atoms with Gasteiger partial charge in [0.2, 0.25) is 5.91 Å². The van der Waals surface area contributed by atoms with E-state index in [4.69, 9.17) is 0 Å². The molecule has 20 heavy (non-hydrogen) atoms. The van der Waals surface area contributed by atoms with Crippen LogP contribution in [0.5, 0.6) is 0 Å². The largest absolute Gasteiger partial charge is 0.325 e. The number of hydrogen-bond donors (Lipinski definition) is 2. The highest BCUT2D eigenvalue weighted by Crippen LogP contribution is 2.20. The molecular formula is C13H16N6O. The van der Waals surface area contributed by atoms with E-state index in [-0.39, 0.29) is 5.91 Å². The number of nitrogens with one attached hydrogen (secondary N) is 2. The van der Waals surface area contributed by atoms with Gasteiger partial charge in [0.1, 0.15) is 0 Å². The van der Waals surface area contributed by atoms with Crippen LogP contribution in [-0.2, 0) is 11.8 Å². The highest BCUT2D eigenvalue weighted by molar-refractivity contribution is 5.92. The van der Waals surface area contributed by atoms with Crippen molar-refractivity contribution < 1.29 is 4.79 Å². The smallest absolute Gasteiger partial charge is 0.238 e. The second-order valence-electron chi connectivity index (χ2n) is 4.91. The molecule has 0 unspecified atom stereocenters.